The number of hydrogen-bond acceptors (Lipinski definition) is 2. The Morgan fingerprint density at radius 3 is 2.36 bits per heavy atom. The van der Waals surface area contributed by atoms with Crippen LogP contribution < -0.4 is 0 Å². The zero-order chi connectivity index (χ0) is 17.6. The van der Waals surface area contributed by atoms with Crippen LogP contribution in [0, 0.1) is 5.92 Å². The fraction of sp³-hybridized carbons (Fsp3) is 0.478. The molecule has 1 aromatic rings. The molecule has 1 aromatic carbocycles. The molecule has 0 aromatic heterocycles. The second-order valence-corrected chi connectivity index (χ2v) is 7.67. The highest BCUT2D eigenvalue weighted by atomic mass is 16.1. The molecule has 25 heavy (non-hydrogen) atoms. The van der Waals surface area contributed by atoms with Crippen LogP contribution in [0.4, 0.5) is 0 Å². The first kappa shape index (κ1) is 17.8. The summed E-state index contributed by atoms with van der Waals surface area (Å²) in [7, 11) is 0. The van der Waals surface area contributed by atoms with Crippen LogP contribution in [-0.2, 0) is 22.4 Å². The third-order valence-electron chi connectivity index (χ3n) is 5.43. The number of rotatable bonds is 8. The van der Waals surface area contributed by atoms with E-state index in [9.17, 15) is 9.59 Å². The van der Waals surface area contributed by atoms with Gasteiger partial charge in [-0.3, -0.25) is 9.59 Å². The molecule has 0 aliphatic heterocycles. The van der Waals surface area contributed by atoms with E-state index in [1.54, 1.807) is 6.92 Å². The summed E-state index contributed by atoms with van der Waals surface area (Å²) in [5.41, 5.74) is 4.58. The fourth-order valence-electron chi connectivity index (χ4n) is 4.02. The van der Waals surface area contributed by atoms with Gasteiger partial charge < -0.3 is 0 Å². The summed E-state index contributed by atoms with van der Waals surface area (Å²) in [6.45, 7) is 1.59. The fourth-order valence-corrected chi connectivity index (χ4v) is 4.02. The lowest BCUT2D eigenvalue weighted by atomic mass is 9.95. The Morgan fingerprint density at radius 2 is 1.68 bits per heavy atom. The van der Waals surface area contributed by atoms with E-state index in [0.29, 0.717) is 19.3 Å². The van der Waals surface area contributed by atoms with E-state index in [1.807, 2.05) is 12.2 Å². The third kappa shape index (κ3) is 5.26. The molecule has 0 amide bonds. The van der Waals surface area contributed by atoms with Gasteiger partial charge in [0.15, 0.2) is 5.78 Å². The van der Waals surface area contributed by atoms with Gasteiger partial charge >= 0.3 is 0 Å². The van der Waals surface area contributed by atoms with E-state index < -0.39 is 0 Å². The van der Waals surface area contributed by atoms with Crippen molar-refractivity contribution in [1.29, 1.82) is 0 Å². The highest BCUT2D eigenvalue weighted by Crippen LogP contribution is 2.28. The Bertz CT molecular complexity index is 685. The summed E-state index contributed by atoms with van der Waals surface area (Å²) in [5, 5.41) is 0. The molecule has 2 aliphatic carbocycles. The van der Waals surface area contributed by atoms with E-state index in [2.05, 4.69) is 24.3 Å². The van der Waals surface area contributed by atoms with Gasteiger partial charge in [-0.1, -0.05) is 67.7 Å². The molecule has 3 rings (SSSR count). The molecule has 1 saturated carbocycles. The van der Waals surface area contributed by atoms with E-state index in [-0.39, 0.29) is 11.6 Å². The van der Waals surface area contributed by atoms with Crippen LogP contribution in [-0.4, -0.2) is 11.6 Å². The van der Waals surface area contributed by atoms with E-state index in [4.69, 9.17) is 0 Å². The van der Waals surface area contributed by atoms with Crippen LogP contribution in [0.3, 0.4) is 0 Å². The zero-order valence-corrected chi connectivity index (χ0v) is 15.2. The first-order valence-corrected chi connectivity index (χ1v) is 9.59. The summed E-state index contributed by atoms with van der Waals surface area (Å²) in [5.74, 6) is 1.24. The molecule has 1 fully saturated rings. The molecule has 132 valence electrons. The molecule has 0 N–H and O–H groups in total. The predicted octanol–water partition coefficient (Wildman–Crippen LogP) is 5.16. The van der Waals surface area contributed by atoms with Gasteiger partial charge in [-0.25, -0.2) is 0 Å². The highest BCUT2D eigenvalue weighted by molar-refractivity contribution is 5.97. The third-order valence-corrected chi connectivity index (χ3v) is 5.43. The van der Waals surface area contributed by atoms with Gasteiger partial charge in [0.2, 0.25) is 0 Å². The van der Waals surface area contributed by atoms with E-state index >= 15 is 0 Å². The smallest absolute Gasteiger partial charge is 0.159 e. The van der Waals surface area contributed by atoms with Gasteiger partial charge in [0.05, 0.1) is 0 Å². The maximum atomic E-state index is 12.4. The summed E-state index contributed by atoms with van der Waals surface area (Å²) in [6, 6.07) is 8.83. The maximum absolute atomic E-state index is 12.4. The average molecular weight is 336 g/mol. The lowest BCUT2D eigenvalue weighted by Crippen LogP contribution is -2.04. The van der Waals surface area contributed by atoms with Crippen LogP contribution in [0.1, 0.15) is 63.0 Å². The summed E-state index contributed by atoms with van der Waals surface area (Å²) < 4.78 is 0. The standard InChI is InChI=1S/C23H28O2/c1-17(24)14-21-10-12-22(16-21)23(25)13-11-18-6-8-20(9-7-18)15-19-4-2-3-5-19/h6-10,12,19H,2-5,11,13-16H2,1H3. The number of benzene rings is 1. The monoisotopic (exact) mass is 336 g/mol. The molecule has 0 radical (unpaired) electrons. The van der Waals surface area contributed by atoms with Crippen molar-refractivity contribution >= 4 is 11.6 Å². The van der Waals surface area contributed by atoms with Gasteiger partial charge in [-0.2, -0.15) is 0 Å². The highest BCUT2D eigenvalue weighted by Gasteiger charge is 2.17. The number of carbonyl (C=O) groups is 2. The second-order valence-electron chi connectivity index (χ2n) is 7.67. The van der Waals surface area contributed by atoms with Crippen LogP contribution in [0.15, 0.2) is 47.6 Å². The molecular weight excluding hydrogens is 308 g/mol. The van der Waals surface area contributed by atoms with Crippen molar-refractivity contribution in [2.45, 2.75) is 64.7 Å². The van der Waals surface area contributed by atoms with Crippen LogP contribution in [0.5, 0.6) is 0 Å². The maximum Gasteiger partial charge on any atom is 0.159 e. The van der Waals surface area contributed by atoms with Gasteiger partial charge in [-0.05, 0) is 48.8 Å². The molecule has 0 saturated heterocycles. The summed E-state index contributed by atoms with van der Waals surface area (Å²) >= 11 is 0. The van der Waals surface area contributed by atoms with Gasteiger partial charge in [-0.15, -0.1) is 0 Å². The van der Waals surface area contributed by atoms with Crippen molar-refractivity contribution in [2.75, 3.05) is 0 Å². The van der Waals surface area contributed by atoms with Gasteiger partial charge in [0.1, 0.15) is 5.78 Å². The Morgan fingerprint density at radius 1 is 1.00 bits per heavy atom. The first-order chi connectivity index (χ1) is 12.1. The minimum Gasteiger partial charge on any atom is -0.300 e. The van der Waals surface area contributed by atoms with Crippen LogP contribution in [0.2, 0.25) is 0 Å². The van der Waals surface area contributed by atoms with Crippen molar-refractivity contribution in [3.63, 3.8) is 0 Å². The van der Waals surface area contributed by atoms with E-state index in [0.717, 1.165) is 23.5 Å². The van der Waals surface area contributed by atoms with Crippen LogP contribution in [0.25, 0.3) is 0 Å². The van der Waals surface area contributed by atoms with Crippen molar-refractivity contribution in [1.82, 2.24) is 0 Å². The second kappa shape index (κ2) is 8.42. The molecule has 0 unspecified atom stereocenters. The zero-order valence-electron chi connectivity index (χ0n) is 15.2. The number of aryl methyl sites for hydroxylation is 1. The predicted molar refractivity (Wildman–Crippen MR) is 102 cm³/mol. The Kier molecular flexibility index (Phi) is 6.01. The molecular formula is C23H28O2. The quantitative estimate of drug-likeness (QED) is 0.657. The van der Waals surface area contributed by atoms with Crippen molar-refractivity contribution in [3.8, 4) is 0 Å². The average Bonchev–Trinajstić information content (AvgIpc) is 3.25. The molecule has 0 atom stereocenters. The molecule has 2 heteroatoms. The van der Waals surface area contributed by atoms with Gasteiger partial charge in [0.25, 0.3) is 0 Å². The Balaban J connectivity index is 1.44. The summed E-state index contributed by atoms with van der Waals surface area (Å²) in [6.07, 6.45) is 13.0. The van der Waals surface area contributed by atoms with Gasteiger partial charge in [0, 0.05) is 12.8 Å². The van der Waals surface area contributed by atoms with E-state index in [1.165, 1.54) is 43.2 Å². The Labute approximate surface area is 151 Å². The topological polar surface area (TPSA) is 34.1 Å². The normalized spacial score (nSPS) is 17.5. The Hall–Kier alpha value is -1.96. The molecule has 2 aliphatic rings. The molecule has 2 nitrogen and oxygen atoms in total. The number of allylic oxidation sites excluding steroid dienone is 4. The van der Waals surface area contributed by atoms with Crippen molar-refractivity contribution in [2.24, 2.45) is 5.92 Å². The first-order valence-electron chi connectivity index (χ1n) is 9.59. The molecule has 0 heterocycles. The molecule has 0 spiro atoms. The molecule has 0 bridgehead atoms. The number of ketones is 2. The lowest BCUT2D eigenvalue weighted by molar-refractivity contribution is -0.117. The largest absolute Gasteiger partial charge is 0.300 e. The lowest BCUT2D eigenvalue weighted by Gasteiger charge is -2.09. The number of carbonyl (C=O) groups excluding carboxylic acids is 2. The number of Topliss-reactive ketones (excluding diaryl/α,β-unsaturated/α-hetero) is 2. The minimum absolute atomic E-state index is 0.158. The summed E-state index contributed by atoms with van der Waals surface area (Å²) in [4.78, 5) is 23.5. The van der Waals surface area contributed by atoms with Crippen molar-refractivity contribution in [3.05, 3.63) is 58.7 Å². The SMILES string of the molecule is CC(=O)CC1=CC=C(C(=O)CCc2ccc(CC3CCCC3)cc2)C1. The van der Waals surface area contributed by atoms with Crippen LogP contribution >= 0.6 is 0 Å². The van der Waals surface area contributed by atoms with Crippen molar-refractivity contribution < 1.29 is 9.59 Å². The minimum atomic E-state index is 0.158. The number of hydrogen-bond donors (Lipinski definition) is 0.